The normalized spacial score (nSPS) is 13.1. The second-order valence-corrected chi connectivity index (χ2v) is 6.62. The molecule has 0 saturated heterocycles. The molecule has 1 aromatic carbocycles. The number of rotatable bonds is 8. The molecule has 0 spiro atoms. The smallest absolute Gasteiger partial charge is 0.273 e. The molecule has 0 radical (unpaired) electrons. The second-order valence-electron chi connectivity index (χ2n) is 4.90. The Kier molecular flexibility index (Phi) is 6.25. The van der Waals surface area contributed by atoms with E-state index in [-0.39, 0.29) is 23.2 Å². The van der Waals surface area contributed by atoms with E-state index in [0.29, 0.717) is 12.0 Å². The Labute approximate surface area is 124 Å². The Hall–Kier alpha value is -1.51. The SMILES string of the molecule is CCCCC(CN)NS(=O)(=O)c1ccc(C)c([N+](=O)[O-])c1. The third-order valence-electron chi connectivity index (χ3n) is 3.20. The fraction of sp³-hybridized carbons (Fsp3) is 0.538. The molecule has 0 heterocycles. The van der Waals surface area contributed by atoms with Gasteiger partial charge in [0.05, 0.1) is 9.82 Å². The summed E-state index contributed by atoms with van der Waals surface area (Å²) in [4.78, 5) is 10.2. The molecule has 8 heteroatoms. The van der Waals surface area contributed by atoms with E-state index in [1.807, 2.05) is 6.92 Å². The summed E-state index contributed by atoms with van der Waals surface area (Å²) in [6.45, 7) is 3.75. The van der Waals surface area contributed by atoms with E-state index in [1.54, 1.807) is 6.92 Å². The van der Waals surface area contributed by atoms with Crippen LogP contribution in [0.3, 0.4) is 0 Å². The Balaban J connectivity index is 3.02. The fourth-order valence-corrected chi connectivity index (χ4v) is 3.22. The van der Waals surface area contributed by atoms with Crippen molar-refractivity contribution in [1.82, 2.24) is 4.72 Å². The molecule has 0 aliphatic carbocycles. The summed E-state index contributed by atoms with van der Waals surface area (Å²) in [7, 11) is -3.81. The van der Waals surface area contributed by atoms with Gasteiger partial charge < -0.3 is 5.73 Å². The molecule has 0 saturated carbocycles. The first-order valence-electron chi connectivity index (χ1n) is 6.79. The first kappa shape index (κ1) is 17.5. The number of hydrogen-bond acceptors (Lipinski definition) is 5. The fourth-order valence-electron chi connectivity index (χ4n) is 1.92. The monoisotopic (exact) mass is 315 g/mol. The van der Waals surface area contributed by atoms with Crippen LogP contribution >= 0.6 is 0 Å². The highest BCUT2D eigenvalue weighted by molar-refractivity contribution is 7.89. The van der Waals surface area contributed by atoms with E-state index >= 15 is 0 Å². The molecular weight excluding hydrogens is 294 g/mol. The highest BCUT2D eigenvalue weighted by atomic mass is 32.2. The molecule has 1 aromatic rings. The van der Waals surface area contributed by atoms with Gasteiger partial charge in [-0.15, -0.1) is 0 Å². The molecule has 0 aromatic heterocycles. The number of nitro benzene ring substituents is 1. The van der Waals surface area contributed by atoms with Crippen molar-refractivity contribution in [2.24, 2.45) is 5.73 Å². The van der Waals surface area contributed by atoms with Gasteiger partial charge in [-0.05, 0) is 19.4 Å². The number of sulfonamides is 1. The average molecular weight is 315 g/mol. The van der Waals surface area contributed by atoms with Gasteiger partial charge >= 0.3 is 0 Å². The zero-order chi connectivity index (χ0) is 16.0. The van der Waals surface area contributed by atoms with Crippen LogP contribution in [0, 0.1) is 17.0 Å². The summed E-state index contributed by atoms with van der Waals surface area (Å²) < 4.78 is 27.0. The molecule has 1 unspecified atom stereocenters. The molecule has 7 nitrogen and oxygen atoms in total. The minimum absolute atomic E-state index is 0.116. The maximum absolute atomic E-state index is 12.3. The number of unbranched alkanes of at least 4 members (excludes halogenated alkanes) is 1. The quantitative estimate of drug-likeness (QED) is 0.559. The zero-order valence-corrected chi connectivity index (χ0v) is 13.0. The Morgan fingerprint density at radius 1 is 1.43 bits per heavy atom. The Morgan fingerprint density at radius 2 is 2.10 bits per heavy atom. The molecule has 0 aliphatic rings. The number of benzene rings is 1. The van der Waals surface area contributed by atoms with E-state index in [1.165, 1.54) is 12.1 Å². The van der Waals surface area contributed by atoms with Crippen LogP contribution < -0.4 is 10.5 Å². The maximum Gasteiger partial charge on any atom is 0.273 e. The van der Waals surface area contributed by atoms with Crippen molar-refractivity contribution in [3.05, 3.63) is 33.9 Å². The molecule has 0 aliphatic heterocycles. The van der Waals surface area contributed by atoms with Crippen molar-refractivity contribution < 1.29 is 13.3 Å². The van der Waals surface area contributed by atoms with E-state index in [4.69, 9.17) is 5.73 Å². The topological polar surface area (TPSA) is 115 Å². The van der Waals surface area contributed by atoms with Crippen molar-refractivity contribution in [3.8, 4) is 0 Å². The molecule has 118 valence electrons. The molecular formula is C13H21N3O4S. The van der Waals surface area contributed by atoms with Gasteiger partial charge in [0.15, 0.2) is 0 Å². The summed E-state index contributed by atoms with van der Waals surface area (Å²) in [5.41, 5.74) is 5.77. The van der Waals surface area contributed by atoms with Crippen molar-refractivity contribution in [2.45, 2.75) is 44.0 Å². The van der Waals surface area contributed by atoms with E-state index < -0.39 is 14.9 Å². The van der Waals surface area contributed by atoms with Crippen LogP contribution in [0.15, 0.2) is 23.1 Å². The van der Waals surface area contributed by atoms with Crippen LogP contribution in [-0.2, 0) is 10.0 Å². The Morgan fingerprint density at radius 3 is 2.62 bits per heavy atom. The number of nitrogens with zero attached hydrogens (tertiary/aromatic N) is 1. The van der Waals surface area contributed by atoms with Gasteiger partial charge in [0.25, 0.3) is 5.69 Å². The van der Waals surface area contributed by atoms with Crippen LogP contribution in [0.25, 0.3) is 0 Å². The minimum atomic E-state index is -3.81. The van der Waals surface area contributed by atoms with Gasteiger partial charge in [0.2, 0.25) is 10.0 Å². The molecule has 0 fully saturated rings. The summed E-state index contributed by atoms with van der Waals surface area (Å²) in [5.74, 6) is 0. The third-order valence-corrected chi connectivity index (χ3v) is 4.72. The molecule has 0 bridgehead atoms. The molecule has 1 atom stereocenters. The average Bonchev–Trinajstić information content (AvgIpc) is 2.43. The number of nitro groups is 1. The highest BCUT2D eigenvalue weighted by Crippen LogP contribution is 2.22. The van der Waals surface area contributed by atoms with Crippen LogP contribution in [-0.4, -0.2) is 25.9 Å². The summed E-state index contributed by atoms with van der Waals surface area (Å²) in [6, 6.07) is 3.49. The molecule has 0 amide bonds. The van der Waals surface area contributed by atoms with Gasteiger partial charge in [-0.2, -0.15) is 0 Å². The Bertz CT molecular complexity index is 601. The summed E-state index contributed by atoms with van der Waals surface area (Å²) in [5, 5.41) is 10.9. The number of hydrogen-bond donors (Lipinski definition) is 2. The second kappa shape index (κ2) is 7.48. The maximum atomic E-state index is 12.3. The lowest BCUT2D eigenvalue weighted by molar-refractivity contribution is -0.385. The number of nitrogens with one attached hydrogen (secondary N) is 1. The standard InChI is InChI=1S/C13H21N3O4S/c1-3-4-5-11(9-14)15-21(19,20)12-7-6-10(2)13(8-12)16(17)18/h6-8,11,15H,3-5,9,14H2,1-2H3. The van der Waals surface area contributed by atoms with Crippen LogP contribution in [0.4, 0.5) is 5.69 Å². The predicted octanol–water partition coefficient (Wildman–Crippen LogP) is 1.70. The lowest BCUT2D eigenvalue weighted by Crippen LogP contribution is -2.40. The van der Waals surface area contributed by atoms with Crippen molar-refractivity contribution in [1.29, 1.82) is 0 Å². The molecule has 21 heavy (non-hydrogen) atoms. The largest absolute Gasteiger partial charge is 0.329 e. The van der Waals surface area contributed by atoms with Gasteiger partial charge in [0, 0.05) is 24.2 Å². The molecule has 3 N–H and O–H groups in total. The first-order valence-corrected chi connectivity index (χ1v) is 8.27. The van der Waals surface area contributed by atoms with Gasteiger partial charge in [-0.3, -0.25) is 10.1 Å². The third kappa shape index (κ3) is 4.76. The summed E-state index contributed by atoms with van der Waals surface area (Å²) >= 11 is 0. The van der Waals surface area contributed by atoms with Crippen LogP contribution in [0.2, 0.25) is 0 Å². The van der Waals surface area contributed by atoms with Crippen molar-refractivity contribution in [3.63, 3.8) is 0 Å². The minimum Gasteiger partial charge on any atom is -0.329 e. The molecule has 1 rings (SSSR count). The van der Waals surface area contributed by atoms with Crippen molar-refractivity contribution in [2.75, 3.05) is 6.54 Å². The van der Waals surface area contributed by atoms with E-state index in [2.05, 4.69) is 4.72 Å². The van der Waals surface area contributed by atoms with E-state index in [0.717, 1.165) is 18.9 Å². The van der Waals surface area contributed by atoms with Gasteiger partial charge in [-0.25, -0.2) is 13.1 Å². The number of aryl methyl sites for hydroxylation is 1. The lowest BCUT2D eigenvalue weighted by Gasteiger charge is -2.16. The zero-order valence-electron chi connectivity index (χ0n) is 12.2. The van der Waals surface area contributed by atoms with E-state index in [9.17, 15) is 18.5 Å². The van der Waals surface area contributed by atoms with Gasteiger partial charge in [0.1, 0.15) is 0 Å². The van der Waals surface area contributed by atoms with Crippen LogP contribution in [0.5, 0.6) is 0 Å². The van der Waals surface area contributed by atoms with Gasteiger partial charge in [-0.1, -0.05) is 25.8 Å². The number of nitrogens with two attached hydrogens (primary N) is 1. The lowest BCUT2D eigenvalue weighted by atomic mass is 10.1. The highest BCUT2D eigenvalue weighted by Gasteiger charge is 2.22. The van der Waals surface area contributed by atoms with Crippen molar-refractivity contribution >= 4 is 15.7 Å². The van der Waals surface area contributed by atoms with Crippen LogP contribution in [0.1, 0.15) is 31.7 Å². The summed E-state index contributed by atoms with van der Waals surface area (Å²) in [6.07, 6.45) is 2.44. The predicted molar refractivity (Wildman–Crippen MR) is 80.5 cm³/mol. The first-order chi connectivity index (χ1) is 9.81.